The molecule has 1 amide bonds. The molecule has 0 atom stereocenters. The molecule has 0 spiro atoms. The summed E-state index contributed by atoms with van der Waals surface area (Å²) in [6.45, 7) is 3.27. The number of rotatable bonds is 3. The van der Waals surface area contributed by atoms with Crippen LogP contribution in [0.3, 0.4) is 0 Å². The molecule has 0 saturated heterocycles. The smallest absolute Gasteiger partial charge is 0.263 e. The maximum absolute atomic E-state index is 11.3. The lowest BCUT2D eigenvalue weighted by atomic mass is 10.3. The molecule has 0 aliphatic rings. The zero-order valence-electron chi connectivity index (χ0n) is 7.46. The quantitative estimate of drug-likeness (QED) is 0.780. The number of nitrogens with one attached hydrogen (secondary N) is 1. The second kappa shape index (κ2) is 4.13. The molecule has 5 heteroatoms. The first-order chi connectivity index (χ1) is 6.11. The summed E-state index contributed by atoms with van der Waals surface area (Å²) in [6, 6.07) is 0. The molecule has 4 nitrogen and oxygen atoms in total. The van der Waals surface area contributed by atoms with Crippen LogP contribution in [0.5, 0.6) is 0 Å². The van der Waals surface area contributed by atoms with E-state index in [0.29, 0.717) is 10.6 Å². The zero-order valence-corrected chi connectivity index (χ0v) is 8.27. The van der Waals surface area contributed by atoms with Crippen molar-refractivity contribution < 1.29 is 9.59 Å². The van der Waals surface area contributed by atoms with E-state index < -0.39 is 0 Å². The molecule has 1 N–H and O–H groups in total. The van der Waals surface area contributed by atoms with Gasteiger partial charge in [-0.1, -0.05) is 0 Å². The Labute approximate surface area is 80.0 Å². The lowest BCUT2D eigenvalue weighted by Crippen LogP contribution is -2.28. The van der Waals surface area contributed by atoms with Gasteiger partial charge in [-0.05, 0) is 13.8 Å². The first kappa shape index (κ1) is 9.85. The third-order valence-electron chi connectivity index (χ3n) is 1.45. The van der Waals surface area contributed by atoms with E-state index in [9.17, 15) is 9.59 Å². The normalized spacial score (nSPS) is 9.69. The van der Waals surface area contributed by atoms with Crippen molar-refractivity contribution in [3.8, 4) is 0 Å². The number of nitrogens with zero attached hydrogens (tertiary/aromatic N) is 1. The van der Waals surface area contributed by atoms with Crippen molar-refractivity contribution >= 4 is 23.0 Å². The third kappa shape index (κ3) is 2.62. The highest BCUT2D eigenvalue weighted by Crippen LogP contribution is 2.10. The first-order valence-electron chi connectivity index (χ1n) is 3.79. The van der Waals surface area contributed by atoms with Crippen molar-refractivity contribution in [2.45, 2.75) is 13.8 Å². The van der Waals surface area contributed by atoms with Crippen molar-refractivity contribution in [3.63, 3.8) is 0 Å². The Kier molecular flexibility index (Phi) is 3.13. The van der Waals surface area contributed by atoms with E-state index in [2.05, 4.69) is 10.3 Å². The van der Waals surface area contributed by atoms with E-state index in [1.54, 1.807) is 12.4 Å². The Hall–Kier alpha value is -1.23. The fourth-order valence-corrected chi connectivity index (χ4v) is 1.52. The summed E-state index contributed by atoms with van der Waals surface area (Å²) in [5.74, 6) is -0.286. The van der Waals surface area contributed by atoms with Crippen LogP contribution in [0, 0.1) is 6.92 Å². The average Bonchev–Trinajstić information content (AvgIpc) is 2.47. The molecule has 0 aliphatic carbocycles. The number of carbonyl (C=O) groups excluding carboxylic acids is 2. The van der Waals surface area contributed by atoms with Crippen molar-refractivity contribution in [1.82, 2.24) is 10.3 Å². The Balaban J connectivity index is 2.59. The van der Waals surface area contributed by atoms with Gasteiger partial charge in [0, 0.05) is 0 Å². The number of ketones is 1. The Morgan fingerprint density at radius 2 is 2.31 bits per heavy atom. The van der Waals surface area contributed by atoms with Crippen LogP contribution in [-0.4, -0.2) is 23.2 Å². The summed E-state index contributed by atoms with van der Waals surface area (Å²) in [4.78, 5) is 26.4. The molecule has 0 bridgehead atoms. The van der Waals surface area contributed by atoms with Gasteiger partial charge >= 0.3 is 0 Å². The van der Waals surface area contributed by atoms with E-state index in [4.69, 9.17) is 0 Å². The maximum atomic E-state index is 11.3. The monoisotopic (exact) mass is 198 g/mol. The molecule has 0 aliphatic heterocycles. The summed E-state index contributed by atoms with van der Waals surface area (Å²) < 4.78 is 0. The van der Waals surface area contributed by atoms with E-state index in [1.807, 2.05) is 0 Å². The zero-order chi connectivity index (χ0) is 9.84. The number of aryl methyl sites for hydroxylation is 1. The molecule has 13 heavy (non-hydrogen) atoms. The van der Waals surface area contributed by atoms with Crippen LogP contribution in [0.4, 0.5) is 0 Å². The summed E-state index contributed by atoms with van der Waals surface area (Å²) in [6.07, 6.45) is 0. The standard InChI is InChI=1S/C8H10N2O2S/c1-5(11)3-9-8(12)7-6(2)10-4-13-7/h4H,3H2,1-2H3,(H,9,12). The predicted octanol–water partition coefficient (Wildman–Crippen LogP) is 0.770. The Bertz CT molecular complexity index is 333. The third-order valence-corrected chi connectivity index (χ3v) is 2.38. The molecule has 0 unspecified atom stereocenters. The molecular formula is C8H10N2O2S. The van der Waals surface area contributed by atoms with Crippen LogP contribution >= 0.6 is 11.3 Å². The van der Waals surface area contributed by atoms with Gasteiger partial charge < -0.3 is 5.32 Å². The lowest BCUT2D eigenvalue weighted by Gasteiger charge is -1.99. The van der Waals surface area contributed by atoms with Crippen LogP contribution in [0.1, 0.15) is 22.3 Å². The highest BCUT2D eigenvalue weighted by Gasteiger charge is 2.10. The SMILES string of the molecule is CC(=O)CNC(=O)c1scnc1C. The molecule has 0 fully saturated rings. The van der Waals surface area contributed by atoms with E-state index in [1.165, 1.54) is 18.3 Å². The van der Waals surface area contributed by atoms with Gasteiger partial charge in [0.1, 0.15) is 10.7 Å². The van der Waals surface area contributed by atoms with Crippen molar-refractivity contribution in [1.29, 1.82) is 0 Å². The van der Waals surface area contributed by atoms with Crippen LogP contribution in [0.25, 0.3) is 0 Å². The minimum atomic E-state index is -0.227. The highest BCUT2D eigenvalue weighted by molar-refractivity contribution is 7.11. The number of amides is 1. The van der Waals surface area contributed by atoms with Gasteiger partial charge in [0.25, 0.3) is 5.91 Å². The van der Waals surface area contributed by atoms with Gasteiger partial charge in [-0.3, -0.25) is 9.59 Å². The van der Waals surface area contributed by atoms with Crippen LogP contribution in [0.2, 0.25) is 0 Å². The molecule has 0 radical (unpaired) electrons. The van der Waals surface area contributed by atoms with Gasteiger partial charge in [0.05, 0.1) is 17.7 Å². The summed E-state index contributed by atoms with van der Waals surface area (Å²) in [5, 5.41) is 2.51. The Morgan fingerprint density at radius 3 is 2.77 bits per heavy atom. The van der Waals surface area contributed by atoms with Crippen molar-refractivity contribution in [2.24, 2.45) is 0 Å². The average molecular weight is 198 g/mol. The van der Waals surface area contributed by atoms with E-state index in [-0.39, 0.29) is 18.2 Å². The van der Waals surface area contributed by atoms with E-state index in [0.717, 1.165) is 0 Å². The van der Waals surface area contributed by atoms with Crippen molar-refractivity contribution in [3.05, 3.63) is 16.1 Å². The largest absolute Gasteiger partial charge is 0.344 e. The number of Topliss-reactive ketones (excluding diaryl/α,β-unsaturated/α-hetero) is 1. The molecule has 70 valence electrons. The van der Waals surface area contributed by atoms with Crippen LogP contribution in [-0.2, 0) is 4.79 Å². The number of aromatic nitrogens is 1. The summed E-state index contributed by atoms with van der Waals surface area (Å²) in [7, 11) is 0. The molecular weight excluding hydrogens is 188 g/mol. The van der Waals surface area contributed by atoms with Crippen LogP contribution in [0.15, 0.2) is 5.51 Å². The molecule has 0 aromatic carbocycles. The van der Waals surface area contributed by atoms with Gasteiger partial charge in [-0.2, -0.15) is 0 Å². The lowest BCUT2D eigenvalue weighted by molar-refractivity contribution is -0.116. The van der Waals surface area contributed by atoms with Crippen LogP contribution < -0.4 is 5.32 Å². The molecule has 1 aromatic heterocycles. The number of hydrogen-bond donors (Lipinski definition) is 1. The fourth-order valence-electron chi connectivity index (χ4n) is 0.805. The summed E-state index contributed by atoms with van der Waals surface area (Å²) >= 11 is 1.27. The molecule has 0 saturated carbocycles. The molecule has 1 heterocycles. The molecule has 1 aromatic rings. The maximum Gasteiger partial charge on any atom is 0.263 e. The number of hydrogen-bond acceptors (Lipinski definition) is 4. The van der Waals surface area contributed by atoms with Gasteiger partial charge in [0.2, 0.25) is 0 Å². The fraction of sp³-hybridized carbons (Fsp3) is 0.375. The molecule has 1 rings (SSSR count). The highest BCUT2D eigenvalue weighted by atomic mass is 32.1. The topological polar surface area (TPSA) is 59.1 Å². The van der Waals surface area contributed by atoms with Gasteiger partial charge in [0.15, 0.2) is 0 Å². The predicted molar refractivity (Wildman–Crippen MR) is 49.9 cm³/mol. The Morgan fingerprint density at radius 1 is 1.62 bits per heavy atom. The van der Waals surface area contributed by atoms with Gasteiger partial charge in [-0.15, -0.1) is 11.3 Å². The second-order valence-electron chi connectivity index (χ2n) is 2.65. The van der Waals surface area contributed by atoms with Gasteiger partial charge in [-0.25, -0.2) is 4.98 Å². The summed E-state index contributed by atoms with van der Waals surface area (Å²) in [5.41, 5.74) is 2.31. The minimum absolute atomic E-state index is 0.0597. The minimum Gasteiger partial charge on any atom is -0.344 e. The number of carbonyl (C=O) groups is 2. The first-order valence-corrected chi connectivity index (χ1v) is 4.67. The van der Waals surface area contributed by atoms with Crippen molar-refractivity contribution in [2.75, 3.05) is 6.54 Å². The second-order valence-corrected chi connectivity index (χ2v) is 3.51. The number of thiazole rings is 1. The van der Waals surface area contributed by atoms with E-state index >= 15 is 0 Å².